The molecule has 4 unspecified atom stereocenters. The molecule has 25 heavy (non-hydrogen) atoms. The molecule has 0 aliphatic carbocycles. The van der Waals surface area contributed by atoms with Gasteiger partial charge in [0.15, 0.2) is 11.5 Å². The van der Waals surface area contributed by atoms with E-state index in [1.54, 1.807) is 7.11 Å². The topological polar surface area (TPSA) is 45.8 Å². The maximum atomic E-state index is 5.61. The minimum atomic E-state index is 0.321. The van der Waals surface area contributed by atoms with Crippen molar-refractivity contribution in [3.8, 4) is 11.5 Å². The van der Waals surface area contributed by atoms with Gasteiger partial charge in [-0.3, -0.25) is 5.32 Å². The van der Waals surface area contributed by atoms with E-state index < -0.39 is 0 Å². The Balaban J connectivity index is 1.54. The van der Waals surface area contributed by atoms with Crippen LogP contribution in [0.2, 0.25) is 0 Å². The smallest absolute Gasteiger partial charge is 0.161 e. The molecule has 140 valence electrons. The van der Waals surface area contributed by atoms with Crippen LogP contribution in [0.15, 0.2) is 18.2 Å². The van der Waals surface area contributed by atoms with Gasteiger partial charge in [-0.1, -0.05) is 6.07 Å². The zero-order valence-electron chi connectivity index (χ0n) is 15.2. The van der Waals surface area contributed by atoms with E-state index in [0.29, 0.717) is 28.1 Å². The van der Waals surface area contributed by atoms with Crippen molar-refractivity contribution in [3.05, 3.63) is 23.8 Å². The molecular weight excluding hydrogens is 374 g/mol. The Kier molecular flexibility index (Phi) is 7.10. The zero-order valence-corrected chi connectivity index (χ0v) is 17.6. The molecule has 3 rings (SSSR count). The lowest BCUT2D eigenvalue weighted by Crippen LogP contribution is -2.35. The molecule has 0 amide bonds. The second-order valence-electron chi connectivity index (χ2n) is 6.08. The Morgan fingerprint density at radius 1 is 1.36 bits per heavy atom. The number of ether oxygens (including phenoxy) is 2. The fraction of sp³-hybridized carbons (Fsp3) is 0.647. The highest BCUT2D eigenvalue weighted by molar-refractivity contribution is 8.17. The molecule has 2 aliphatic rings. The van der Waals surface area contributed by atoms with Gasteiger partial charge in [0.2, 0.25) is 0 Å². The van der Waals surface area contributed by atoms with Crippen LogP contribution in [0, 0.1) is 0 Å². The minimum Gasteiger partial charge on any atom is -0.493 e. The molecule has 2 heterocycles. The summed E-state index contributed by atoms with van der Waals surface area (Å²) in [6.45, 7) is 4.84. The van der Waals surface area contributed by atoms with Gasteiger partial charge >= 0.3 is 0 Å². The first-order valence-electron chi connectivity index (χ1n) is 8.55. The van der Waals surface area contributed by atoms with Crippen LogP contribution in [0.1, 0.15) is 24.8 Å². The fourth-order valence-electron chi connectivity index (χ4n) is 2.93. The van der Waals surface area contributed by atoms with E-state index in [-0.39, 0.29) is 0 Å². The number of methoxy groups -OCH3 is 1. The van der Waals surface area contributed by atoms with Crippen LogP contribution in [0.25, 0.3) is 0 Å². The first kappa shape index (κ1) is 19.5. The molecule has 0 bridgehead atoms. The largest absolute Gasteiger partial charge is 0.493 e. The summed E-state index contributed by atoms with van der Waals surface area (Å²) in [5, 5.41) is 6.79. The molecule has 2 saturated heterocycles. The second-order valence-corrected chi connectivity index (χ2v) is 10.1. The average Bonchev–Trinajstić information content (AvgIpc) is 3.19. The standard InChI is InChI=1S/C17H27N3O2S3/c1-5-22-14-7-6-12(8-15(14)21-4)16-18-13(9-23-16)10-24-17-20(3)19-11(2)25-17/h6-8,11,13,16-19H,5,9-10H2,1-4H3. The molecule has 1 aromatic rings. The Morgan fingerprint density at radius 3 is 2.88 bits per heavy atom. The van der Waals surface area contributed by atoms with Crippen molar-refractivity contribution < 1.29 is 9.47 Å². The van der Waals surface area contributed by atoms with E-state index in [0.717, 1.165) is 23.0 Å². The molecule has 2 fully saturated rings. The Bertz CT molecular complexity index is 578. The maximum absolute atomic E-state index is 5.61. The summed E-state index contributed by atoms with van der Waals surface area (Å²) < 4.78 is 11.6. The summed E-state index contributed by atoms with van der Waals surface area (Å²) in [6.07, 6.45) is 0. The quantitative estimate of drug-likeness (QED) is 0.721. The zero-order chi connectivity index (χ0) is 17.8. The highest BCUT2D eigenvalue weighted by atomic mass is 32.2. The van der Waals surface area contributed by atoms with E-state index in [1.165, 1.54) is 5.56 Å². The highest BCUT2D eigenvalue weighted by Crippen LogP contribution is 2.39. The molecule has 0 spiro atoms. The normalized spacial score (nSPS) is 29.9. The highest BCUT2D eigenvalue weighted by Gasteiger charge is 2.31. The van der Waals surface area contributed by atoms with Gasteiger partial charge in [0.25, 0.3) is 0 Å². The van der Waals surface area contributed by atoms with Crippen LogP contribution in [0.3, 0.4) is 0 Å². The summed E-state index contributed by atoms with van der Waals surface area (Å²) in [5.74, 6) is 3.88. The summed E-state index contributed by atoms with van der Waals surface area (Å²) in [6, 6.07) is 6.78. The first-order chi connectivity index (χ1) is 12.1. The average molecular weight is 402 g/mol. The van der Waals surface area contributed by atoms with Crippen molar-refractivity contribution in [2.24, 2.45) is 0 Å². The lowest BCUT2D eigenvalue weighted by atomic mass is 10.2. The molecule has 1 aromatic carbocycles. The number of nitrogens with one attached hydrogen (secondary N) is 2. The Morgan fingerprint density at radius 2 is 2.20 bits per heavy atom. The summed E-state index contributed by atoms with van der Waals surface area (Å²) >= 11 is 5.96. The van der Waals surface area contributed by atoms with Crippen molar-refractivity contribution in [2.45, 2.75) is 35.3 Å². The van der Waals surface area contributed by atoms with Crippen LogP contribution in [0.4, 0.5) is 0 Å². The number of rotatable bonds is 7. The van der Waals surface area contributed by atoms with Crippen molar-refractivity contribution in [3.63, 3.8) is 0 Å². The Hall–Kier alpha value is -0.250. The van der Waals surface area contributed by atoms with Crippen molar-refractivity contribution in [2.75, 3.05) is 32.3 Å². The lowest BCUT2D eigenvalue weighted by Gasteiger charge is -2.20. The molecule has 8 heteroatoms. The van der Waals surface area contributed by atoms with Gasteiger partial charge in [-0.2, -0.15) is 0 Å². The molecule has 2 aliphatic heterocycles. The fourth-order valence-corrected chi connectivity index (χ4v) is 7.11. The van der Waals surface area contributed by atoms with E-state index in [2.05, 4.69) is 41.9 Å². The third kappa shape index (κ3) is 4.93. The number of thioether (sulfide) groups is 3. The number of hydrogen-bond donors (Lipinski definition) is 2. The van der Waals surface area contributed by atoms with Gasteiger partial charge < -0.3 is 9.47 Å². The molecular formula is C17H27N3O2S3. The van der Waals surface area contributed by atoms with Gasteiger partial charge in [0.05, 0.1) is 24.5 Å². The molecule has 0 aromatic heterocycles. The van der Waals surface area contributed by atoms with Crippen molar-refractivity contribution in [1.29, 1.82) is 0 Å². The SMILES string of the molecule is CCOc1ccc(C2NC(CSC3SC(C)NN3C)CS2)cc1OC. The maximum Gasteiger partial charge on any atom is 0.161 e. The molecule has 0 radical (unpaired) electrons. The first-order valence-corrected chi connectivity index (χ1v) is 11.6. The summed E-state index contributed by atoms with van der Waals surface area (Å²) in [7, 11) is 3.82. The number of nitrogens with zero attached hydrogens (tertiary/aromatic N) is 1. The van der Waals surface area contributed by atoms with E-state index >= 15 is 0 Å². The van der Waals surface area contributed by atoms with Crippen molar-refractivity contribution in [1.82, 2.24) is 15.8 Å². The van der Waals surface area contributed by atoms with Crippen LogP contribution in [-0.2, 0) is 0 Å². The minimum absolute atomic E-state index is 0.321. The van der Waals surface area contributed by atoms with Crippen LogP contribution in [-0.4, -0.2) is 53.4 Å². The summed E-state index contributed by atoms with van der Waals surface area (Å²) in [5.41, 5.74) is 4.68. The van der Waals surface area contributed by atoms with Gasteiger partial charge in [-0.15, -0.1) is 35.3 Å². The Labute approximate surface area is 163 Å². The van der Waals surface area contributed by atoms with E-state index in [9.17, 15) is 0 Å². The third-order valence-corrected chi connectivity index (χ3v) is 8.44. The van der Waals surface area contributed by atoms with Gasteiger partial charge in [-0.05, 0) is 31.5 Å². The number of hydrazine groups is 1. The monoisotopic (exact) mass is 401 g/mol. The molecule has 2 N–H and O–H groups in total. The van der Waals surface area contributed by atoms with Gasteiger partial charge in [0, 0.05) is 24.6 Å². The number of hydrogen-bond acceptors (Lipinski definition) is 8. The predicted molar refractivity (Wildman–Crippen MR) is 110 cm³/mol. The van der Waals surface area contributed by atoms with E-state index in [4.69, 9.17) is 9.47 Å². The third-order valence-electron chi connectivity index (χ3n) is 4.10. The predicted octanol–water partition coefficient (Wildman–Crippen LogP) is 3.34. The van der Waals surface area contributed by atoms with Crippen LogP contribution < -0.4 is 20.2 Å². The lowest BCUT2D eigenvalue weighted by molar-refractivity contribution is 0.282. The van der Waals surface area contributed by atoms with Gasteiger partial charge in [0.1, 0.15) is 4.71 Å². The molecule has 5 nitrogen and oxygen atoms in total. The van der Waals surface area contributed by atoms with E-state index in [1.807, 2.05) is 48.3 Å². The van der Waals surface area contributed by atoms with Crippen LogP contribution >= 0.6 is 35.3 Å². The van der Waals surface area contributed by atoms with Gasteiger partial charge in [-0.25, -0.2) is 10.4 Å². The molecule has 4 atom stereocenters. The summed E-state index contributed by atoms with van der Waals surface area (Å²) in [4.78, 5) is 0. The second kappa shape index (κ2) is 9.10. The van der Waals surface area contributed by atoms with Crippen molar-refractivity contribution >= 4 is 35.3 Å². The van der Waals surface area contributed by atoms with Crippen LogP contribution in [0.5, 0.6) is 11.5 Å². The number of benzene rings is 1. The molecule has 0 saturated carbocycles.